The highest BCUT2D eigenvalue weighted by atomic mass is 16.5. The summed E-state index contributed by atoms with van der Waals surface area (Å²) in [7, 11) is 0. The molecule has 3 heteroatoms. The molecule has 0 amide bonds. The normalized spacial score (nSPS) is 12.2. The van der Waals surface area contributed by atoms with Crippen molar-refractivity contribution >= 4 is 5.97 Å². The molecular weight excluding hydrogens is 216 g/mol. The van der Waals surface area contributed by atoms with Crippen LogP contribution in [0.15, 0.2) is 42.5 Å². The summed E-state index contributed by atoms with van der Waals surface area (Å²) in [4.78, 5) is 11.2. The summed E-state index contributed by atoms with van der Waals surface area (Å²) >= 11 is 0. The van der Waals surface area contributed by atoms with E-state index in [-0.39, 0.29) is 5.56 Å². The van der Waals surface area contributed by atoms with E-state index >= 15 is 0 Å². The maximum atomic E-state index is 11.2. The van der Waals surface area contributed by atoms with E-state index in [0.29, 0.717) is 17.9 Å². The topological polar surface area (TPSA) is 46.5 Å². The summed E-state index contributed by atoms with van der Waals surface area (Å²) in [6.07, 6.45) is 0. The van der Waals surface area contributed by atoms with E-state index in [1.54, 1.807) is 18.2 Å². The van der Waals surface area contributed by atoms with E-state index in [9.17, 15) is 9.90 Å². The second kappa shape index (κ2) is 3.63. The van der Waals surface area contributed by atoms with Gasteiger partial charge >= 0.3 is 5.97 Å². The fourth-order valence-corrected chi connectivity index (χ4v) is 2.15. The Kier molecular flexibility index (Phi) is 2.11. The molecule has 2 aromatic rings. The first-order valence-electron chi connectivity index (χ1n) is 5.35. The molecule has 0 spiro atoms. The minimum Gasteiger partial charge on any atom is -0.488 e. The van der Waals surface area contributed by atoms with Crippen LogP contribution in [-0.4, -0.2) is 11.1 Å². The monoisotopic (exact) mass is 226 g/mol. The molecule has 0 saturated carbocycles. The fraction of sp³-hybridized carbons (Fsp3) is 0.0714. The van der Waals surface area contributed by atoms with Crippen molar-refractivity contribution in [1.82, 2.24) is 0 Å². The highest BCUT2D eigenvalue weighted by molar-refractivity contribution is 5.98. The Morgan fingerprint density at radius 3 is 2.76 bits per heavy atom. The first kappa shape index (κ1) is 9.90. The molecule has 0 radical (unpaired) electrons. The maximum Gasteiger partial charge on any atom is 0.336 e. The summed E-state index contributed by atoms with van der Waals surface area (Å²) in [6.45, 7) is 0.492. The van der Waals surface area contributed by atoms with Gasteiger partial charge in [-0.25, -0.2) is 4.79 Å². The third-order valence-electron chi connectivity index (χ3n) is 2.93. The zero-order valence-corrected chi connectivity index (χ0v) is 9.01. The Morgan fingerprint density at radius 1 is 1.12 bits per heavy atom. The zero-order valence-electron chi connectivity index (χ0n) is 9.01. The van der Waals surface area contributed by atoms with E-state index in [2.05, 4.69) is 0 Å². The number of ether oxygens (including phenoxy) is 1. The maximum absolute atomic E-state index is 11.2. The molecule has 0 atom stereocenters. The molecule has 84 valence electrons. The SMILES string of the molecule is O=C(O)c1cccc2c1-c1ccccc1CO2. The van der Waals surface area contributed by atoms with Crippen molar-refractivity contribution in [1.29, 1.82) is 0 Å². The minimum absolute atomic E-state index is 0.287. The molecule has 0 saturated heterocycles. The molecule has 1 aliphatic heterocycles. The minimum atomic E-state index is -0.929. The van der Waals surface area contributed by atoms with Gasteiger partial charge in [-0.3, -0.25) is 0 Å². The molecule has 2 aromatic carbocycles. The van der Waals surface area contributed by atoms with Gasteiger partial charge in [0.2, 0.25) is 0 Å². The second-order valence-corrected chi connectivity index (χ2v) is 3.93. The van der Waals surface area contributed by atoms with E-state index in [0.717, 1.165) is 11.1 Å². The molecule has 17 heavy (non-hydrogen) atoms. The Bertz CT molecular complexity index is 602. The van der Waals surface area contributed by atoms with Gasteiger partial charge in [0, 0.05) is 5.56 Å². The van der Waals surface area contributed by atoms with Crippen molar-refractivity contribution in [3.63, 3.8) is 0 Å². The highest BCUT2D eigenvalue weighted by Gasteiger charge is 2.22. The first-order valence-corrected chi connectivity index (χ1v) is 5.35. The summed E-state index contributed by atoms with van der Waals surface area (Å²) in [5.74, 6) is -0.286. The van der Waals surface area contributed by atoms with E-state index in [1.807, 2.05) is 24.3 Å². The summed E-state index contributed by atoms with van der Waals surface area (Å²) in [5.41, 5.74) is 2.94. The van der Waals surface area contributed by atoms with E-state index in [4.69, 9.17) is 4.74 Å². The van der Waals surface area contributed by atoms with Gasteiger partial charge in [0.25, 0.3) is 0 Å². The Labute approximate surface area is 98.3 Å². The molecule has 0 unspecified atom stereocenters. The van der Waals surface area contributed by atoms with Crippen molar-refractivity contribution in [2.45, 2.75) is 6.61 Å². The molecular formula is C14H10O3. The Morgan fingerprint density at radius 2 is 1.94 bits per heavy atom. The van der Waals surface area contributed by atoms with E-state index < -0.39 is 5.97 Å². The van der Waals surface area contributed by atoms with Crippen LogP contribution >= 0.6 is 0 Å². The molecule has 3 nitrogen and oxygen atoms in total. The van der Waals surface area contributed by atoms with Crippen molar-refractivity contribution in [3.05, 3.63) is 53.6 Å². The predicted octanol–water partition coefficient (Wildman–Crippen LogP) is 2.94. The van der Waals surface area contributed by atoms with Gasteiger partial charge in [-0.2, -0.15) is 0 Å². The van der Waals surface area contributed by atoms with Crippen molar-refractivity contribution < 1.29 is 14.6 Å². The molecule has 0 bridgehead atoms. The highest BCUT2D eigenvalue weighted by Crippen LogP contribution is 2.39. The second-order valence-electron chi connectivity index (χ2n) is 3.93. The summed E-state index contributed by atoms with van der Waals surface area (Å²) < 4.78 is 5.58. The number of aromatic carboxylic acids is 1. The fourth-order valence-electron chi connectivity index (χ4n) is 2.15. The van der Waals surface area contributed by atoms with Crippen LogP contribution in [0.4, 0.5) is 0 Å². The van der Waals surface area contributed by atoms with Crippen molar-refractivity contribution in [2.24, 2.45) is 0 Å². The molecule has 3 rings (SSSR count). The van der Waals surface area contributed by atoms with Gasteiger partial charge in [0.15, 0.2) is 0 Å². The number of carboxylic acids is 1. The molecule has 1 heterocycles. The van der Waals surface area contributed by atoms with Crippen LogP contribution in [0.5, 0.6) is 5.75 Å². The number of carbonyl (C=O) groups is 1. The average molecular weight is 226 g/mol. The Balaban J connectivity index is 2.33. The number of hydrogen-bond acceptors (Lipinski definition) is 2. The number of carboxylic acid groups (broad SMARTS) is 1. The van der Waals surface area contributed by atoms with Gasteiger partial charge in [0.1, 0.15) is 12.4 Å². The van der Waals surface area contributed by atoms with Gasteiger partial charge in [0.05, 0.1) is 5.56 Å². The van der Waals surface area contributed by atoms with Gasteiger partial charge in [-0.15, -0.1) is 0 Å². The summed E-state index contributed by atoms with van der Waals surface area (Å²) in [5, 5.41) is 9.21. The van der Waals surface area contributed by atoms with Crippen molar-refractivity contribution in [2.75, 3.05) is 0 Å². The van der Waals surface area contributed by atoms with Crippen LogP contribution in [0.2, 0.25) is 0 Å². The number of benzene rings is 2. The summed E-state index contributed by atoms with van der Waals surface area (Å²) in [6, 6.07) is 12.8. The average Bonchev–Trinajstić information content (AvgIpc) is 2.37. The lowest BCUT2D eigenvalue weighted by molar-refractivity contribution is 0.0697. The quantitative estimate of drug-likeness (QED) is 0.813. The van der Waals surface area contributed by atoms with Gasteiger partial charge < -0.3 is 9.84 Å². The lowest BCUT2D eigenvalue weighted by Gasteiger charge is -2.21. The van der Waals surface area contributed by atoms with Crippen LogP contribution in [0.1, 0.15) is 15.9 Å². The van der Waals surface area contributed by atoms with Crippen LogP contribution in [0.3, 0.4) is 0 Å². The first-order chi connectivity index (χ1) is 8.27. The van der Waals surface area contributed by atoms with Crippen LogP contribution < -0.4 is 4.74 Å². The number of hydrogen-bond donors (Lipinski definition) is 1. The number of fused-ring (bicyclic) bond motifs is 3. The molecule has 0 aliphatic carbocycles. The lowest BCUT2D eigenvalue weighted by Crippen LogP contribution is -2.09. The van der Waals surface area contributed by atoms with Crippen LogP contribution in [-0.2, 0) is 6.61 Å². The smallest absolute Gasteiger partial charge is 0.336 e. The third kappa shape index (κ3) is 1.47. The van der Waals surface area contributed by atoms with Gasteiger partial charge in [-0.1, -0.05) is 30.3 Å². The van der Waals surface area contributed by atoms with Gasteiger partial charge in [-0.05, 0) is 23.3 Å². The lowest BCUT2D eigenvalue weighted by atomic mass is 9.93. The number of rotatable bonds is 1. The largest absolute Gasteiger partial charge is 0.488 e. The standard InChI is InChI=1S/C14H10O3/c15-14(16)11-6-3-7-12-13(11)10-5-2-1-4-9(10)8-17-12/h1-7H,8H2,(H,15,16). The molecule has 1 N–H and O–H groups in total. The zero-order chi connectivity index (χ0) is 11.8. The molecule has 1 aliphatic rings. The van der Waals surface area contributed by atoms with Crippen LogP contribution in [0.25, 0.3) is 11.1 Å². The predicted molar refractivity (Wildman–Crippen MR) is 63.2 cm³/mol. The third-order valence-corrected chi connectivity index (χ3v) is 2.93. The Hall–Kier alpha value is -2.29. The molecule has 0 fully saturated rings. The van der Waals surface area contributed by atoms with Crippen molar-refractivity contribution in [3.8, 4) is 16.9 Å². The molecule has 0 aromatic heterocycles. The van der Waals surface area contributed by atoms with Crippen LogP contribution in [0, 0.1) is 0 Å². The van der Waals surface area contributed by atoms with E-state index in [1.165, 1.54) is 0 Å².